The monoisotopic (exact) mass is 519 g/mol. The van der Waals surface area contributed by atoms with Crippen LogP contribution in [0.2, 0.25) is 5.02 Å². The molecule has 2 atom stereocenters. The van der Waals surface area contributed by atoms with Gasteiger partial charge in [-0.25, -0.2) is 9.97 Å². The Labute approximate surface area is 211 Å². The van der Waals surface area contributed by atoms with Crippen molar-refractivity contribution in [1.82, 2.24) is 30.4 Å². The molecular weight excluding hydrogens is 494 g/mol. The van der Waals surface area contributed by atoms with Crippen LogP contribution < -0.4 is 16.0 Å². The Morgan fingerprint density at radius 1 is 1.11 bits per heavy atom. The number of carbonyl (C=O) groups excluding carboxylic acids is 4. The molecule has 13 heteroatoms. The zero-order valence-corrected chi connectivity index (χ0v) is 20.9. The number of piperidine rings is 1. The number of rotatable bonds is 4. The van der Waals surface area contributed by atoms with Gasteiger partial charge >= 0.3 is 11.8 Å². The van der Waals surface area contributed by atoms with Gasteiger partial charge in [0.25, 0.3) is 5.91 Å². The van der Waals surface area contributed by atoms with E-state index in [-0.39, 0.29) is 17.6 Å². The number of aromatic nitrogens is 2. The summed E-state index contributed by atoms with van der Waals surface area (Å²) in [7, 11) is 1.93. The number of amides is 4. The van der Waals surface area contributed by atoms with Crippen molar-refractivity contribution in [2.45, 2.75) is 38.4 Å². The lowest BCUT2D eigenvalue weighted by Gasteiger charge is -2.37. The first kappa shape index (κ1) is 25.0. The number of fused-ring (bicyclic) bond motifs is 1. The molecule has 0 aliphatic carbocycles. The van der Waals surface area contributed by atoms with E-state index >= 15 is 0 Å². The molecule has 0 radical (unpaired) electrons. The standard InChI is InChI=1S/C22H26ClN7O4S/c1-12(31)30-8-6-15-17(11-30)35-22(27-15)21(34)26-16-10-29(2)7-5-14(16)25-19(32)20(33)28-18-4-3-13(23)9-24-18/h3-4,9,14,16H,5-8,10-11H2,1-2H3,(H,25,32)(H,26,34)(H,24,28,33)/t14-,16?/m0/s1. The highest BCUT2D eigenvalue weighted by Crippen LogP contribution is 2.25. The number of nitrogens with one attached hydrogen (secondary N) is 3. The molecule has 0 saturated carbocycles. The maximum absolute atomic E-state index is 13.0. The predicted molar refractivity (Wildman–Crippen MR) is 130 cm³/mol. The van der Waals surface area contributed by atoms with Gasteiger partial charge in [0, 0.05) is 37.5 Å². The highest BCUT2D eigenvalue weighted by molar-refractivity contribution is 7.13. The van der Waals surface area contributed by atoms with Crippen molar-refractivity contribution in [3.63, 3.8) is 0 Å². The Kier molecular flexibility index (Phi) is 7.63. The van der Waals surface area contributed by atoms with Crippen LogP contribution in [-0.2, 0) is 27.3 Å². The quantitative estimate of drug-likeness (QED) is 0.504. The van der Waals surface area contributed by atoms with E-state index in [1.165, 1.54) is 30.5 Å². The van der Waals surface area contributed by atoms with Gasteiger partial charge in [-0.2, -0.15) is 0 Å². The van der Waals surface area contributed by atoms with E-state index in [9.17, 15) is 19.2 Å². The highest BCUT2D eigenvalue weighted by Gasteiger charge is 2.33. The summed E-state index contributed by atoms with van der Waals surface area (Å²) in [6.07, 6.45) is 2.54. The van der Waals surface area contributed by atoms with Crippen LogP contribution in [0.4, 0.5) is 5.82 Å². The average Bonchev–Trinajstić information content (AvgIpc) is 3.26. The number of anilines is 1. The molecular formula is C22H26ClN7O4S. The minimum atomic E-state index is -0.855. The van der Waals surface area contributed by atoms with Gasteiger partial charge in [0.1, 0.15) is 5.82 Å². The van der Waals surface area contributed by atoms with E-state index in [0.29, 0.717) is 49.1 Å². The Morgan fingerprint density at radius 3 is 2.63 bits per heavy atom. The third-order valence-corrected chi connectivity index (χ3v) is 7.30. The van der Waals surface area contributed by atoms with E-state index < -0.39 is 23.9 Å². The zero-order valence-electron chi connectivity index (χ0n) is 19.3. The second-order valence-electron chi connectivity index (χ2n) is 8.61. The maximum atomic E-state index is 13.0. The van der Waals surface area contributed by atoms with Crippen molar-refractivity contribution in [2.24, 2.45) is 0 Å². The smallest absolute Gasteiger partial charge is 0.314 e. The fourth-order valence-corrected chi connectivity index (χ4v) is 5.22. The number of nitrogens with zero attached hydrogens (tertiary/aromatic N) is 4. The molecule has 4 rings (SSSR count). The zero-order chi connectivity index (χ0) is 25.1. The first-order valence-corrected chi connectivity index (χ1v) is 12.4. The molecule has 0 aromatic carbocycles. The third kappa shape index (κ3) is 6.13. The number of hydrogen-bond donors (Lipinski definition) is 3. The van der Waals surface area contributed by atoms with Gasteiger partial charge in [-0.1, -0.05) is 11.6 Å². The van der Waals surface area contributed by atoms with E-state index in [1.807, 2.05) is 11.9 Å². The Morgan fingerprint density at radius 2 is 1.91 bits per heavy atom. The maximum Gasteiger partial charge on any atom is 0.314 e. The summed E-state index contributed by atoms with van der Waals surface area (Å²) >= 11 is 7.07. The first-order chi connectivity index (χ1) is 16.7. The third-order valence-electron chi connectivity index (χ3n) is 5.99. The number of likely N-dealkylation sites (N-methyl/N-ethyl adjacent to an activating group) is 1. The summed E-state index contributed by atoms with van der Waals surface area (Å²) in [6, 6.07) is 2.20. The van der Waals surface area contributed by atoms with Gasteiger partial charge in [0.2, 0.25) is 5.91 Å². The lowest BCUT2D eigenvalue weighted by Crippen LogP contribution is -2.60. The molecule has 2 aromatic heterocycles. The number of carbonyl (C=O) groups is 4. The summed E-state index contributed by atoms with van der Waals surface area (Å²) in [5, 5.41) is 8.88. The number of thiazole rings is 1. The molecule has 1 unspecified atom stereocenters. The van der Waals surface area contributed by atoms with Gasteiger partial charge < -0.3 is 25.8 Å². The van der Waals surface area contributed by atoms with Crippen LogP contribution in [0.3, 0.4) is 0 Å². The molecule has 0 bridgehead atoms. The summed E-state index contributed by atoms with van der Waals surface area (Å²) < 4.78 is 0. The molecule has 35 heavy (non-hydrogen) atoms. The minimum absolute atomic E-state index is 0.00485. The second kappa shape index (κ2) is 10.7. The van der Waals surface area contributed by atoms with Gasteiger partial charge in [-0.15, -0.1) is 11.3 Å². The van der Waals surface area contributed by atoms with Crippen molar-refractivity contribution >= 4 is 52.4 Å². The van der Waals surface area contributed by atoms with Gasteiger partial charge in [0.05, 0.1) is 29.3 Å². The van der Waals surface area contributed by atoms with Crippen LogP contribution in [0.15, 0.2) is 18.3 Å². The topological polar surface area (TPSA) is 137 Å². The average molecular weight is 520 g/mol. The lowest BCUT2D eigenvalue weighted by molar-refractivity contribution is -0.136. The van der Waals surface area contributed by atoms with Crippen molar-refractivity contribution in [3.05, 3.63) is 38.9 Å². The Balaban J connectivity index is 1.39. The van der Waals surface area contributed by atoms with E-state index in [0.717, 1.165) is 10.6 Å². The van der Waals surface area contributed by atoms with Gasteiger partial charge in [0.15, 0.2) is 5.01 Å². The summed E-state index contributed by atoms with van der Waals surface area (Å²) in [5.41, 5.74) is 0.843. The number of halogens is 1. The molecule has 3 N–H and O–H groups in total. The van der Waals surface area contributed by atoms with Crippen LogP contribution in [0, 0.1) is 0 Å². The Bertz CT molecular complexity index is 1140. The van der Waals surface area contributed by atoms with E-state index in [1.54, 1.807) is 11.0 Å². The Hall–Kier alpha value is -3.09. The molecule has 4 amide bonds. The van der Waals surface area contributed by atoms with Crippen LogP contribution in [0.5, 0.6) is 0 Å². The summed E-state index contributed by atoms with van der Waals surface area (Å²) in [5.74, 6) is -1.81. The van der Waals surface area contributed by atoms with Crippen LogP contribution in [0.25, 0.3) is 0 Å². The predicted octanol–water partition coefficient (Wildman–Crippen LogP) is 0.654. The van der Waals surface area contributed by atoms with E-state index in [4.69, 9.17) is 11.6 Å². The van der Waals surface area contributed by atoms with Crippen molar-refractivity contribution in [3.8, 4) is 0 Å². The van der Waals surface area contributed by atoms with Crippen LogP contribution in [-0.4, -0.2) is 82.2 Å². The molecule has 2 aliphatic heterocycles. The molecule has 4 heterocycles. The SMILES string of the molecule is CC(=O)N1CCc2nc(C(=O)NC3CN(C)CC[C@@H]3NC(=O)C(=O)Nc3ccc(Cl)cn3)sc2C1. The van der Waals surface area contributed by atoms with Crippen molar-refractivity contribution < 1.29 is 19.2 Å². The normalized spacial score (nSPS) is 20.0. The van der Waals surface area contributed by atoms with Gasteiger partial charge in [-0.05, 0) is 32.1 Å². The second-order valence-corrected chi connectivity index (χ2v) is 10.1. The fourth-order valence-electron chi connectivity index (χ4n) is 4.08. The fraction of sp³-hybridized carbons (Fsp3) is 0.455. The minimum Gasteiger partial charge on any atom is -0.344 e. The molecule has 0 spiro atoms. The molecule has 1 saturated heterocycles. The van der Waals surface area contributed by atoms with Crippen LogP contribution in [0.1, 0.15) is 33.7 Å². The van der Waals surface area contributed by atoms with Crippen LogP contribution >= 0.6 is 22.9 Å². The van der Waals surface area contributed by atoms with Crippen molar-refractivity contribution in [2.75, 3.05) is 32.0 Å². The highest BCUT2D eigenvalue weighted by atomic mass is 35.5. The molecule has 186 valence electrons. The number of likely N-dealkylation sites (tertiary alicyclic amines) is 1. The van der Waals surface area contributed by atoms with E-state index in [2.05, 4.69) is 25.9 Å². The summed E-state index contributed by atoms with van der Waals surface area (Å²) in [4.78, 5) is 62.7. The largest absolute Gasteiger partial charge is 0.344 e. The lowest BCUT2D eigenvalue weighted by atomic mass is 9.99. The summed E-state index contributed by atoms with van der Waals surface area (Å²) in [6.45, 7) is 3.77. The molecule has 2 aromatic rings. The number of hydrogen-bond acceptors (Lipinski definition) is 8. The van der Waals surface area contributed by atoms with Gasteiger partial charge in [-0.3, -0.25) is 19.2 Å². The molecule has 2 aliphatic rings. The molecule has 11 nitrogen and oxygen atoms in total. The first-order valence-electron chi connectivity index (χ1n) is 11.2. The number of pyridine rings is 1. The molecule has 1 fully saturated rings. The van der Waals surface area contributed by atoms with Crippen molar-refractivity contribution in [1.29, 1.82) is 0 Å².